The maximum absolute atomic E-state index is 12.7. The number of nitrogens with two attached hydrogens (primary N) is 1. The highest BCUT2D eigenvalue weighted by atomic mass is 16.7. The lowest BCUT2D eigenvalue weighted by atomic mass is 9.99. The fraction of sp³-hybridized carbons (Fsp3) is 0.886. The zero-order valence-electron chi connectivity index (χ0n) is 32.7. The molecule has 0 aromatic heterocycles. The van der Waals surface area contributed by atoms with E-state index in [0.29, 0.717) is 45.3 Å². The molecule has 56 heavy (non-hydrogen) atoms. The van der Waals surface area contributed by atoms with E-state index in [1.807, 2.05) is 0 Å². The van der Waals surface area contributed by atoms with Crippen molar-refractivity contribution in [3.63, 3.8) is 0 Å². The van der Waals surface area contributed by atoms with Crippen LogP contribution in [0.2, 0.25) is 0 Å². The summed E-state index contributed by atoms with van der Waals surface area (Å²) >= 11 is 0. The molecular weight excluding hydrogens is 746 g/mol. The second kappa shape index (κ2) is 32.3. The molecule has 330 valence electrons. The van der Waals surface area contributed by atoms with E-state index < -0.39 is 61.5 Å². The minimum Gasteiger partial charge on any atom is -0.400 e. The van der Waals surface area contributed by atoms with Crippen molar-refractivity contribution in [3.05, 3.63) is 0 Å². The first-order valence-electron chi connectivity index (χ1n) is 19.2. The van der Waals surface area contributed by atoms with Gasteiger partial charge in [-0.25, -0.2) is 0 Å². The molecule has 4 amide bonds. The SMILES string of the molecule is CCC(=O)NC(CC(=O)NCCCCCN)C(=O)NCCCCCC(=O)N(CCO)CCO[C@H]1OC(CO)[C@@H](O)C(O)C1O.CO.OCC1CC(O)C(O)CO1. The van der Waals surface area contributed by atoms with E-state index in [1.165, 1.54) is 4.90 Å². The van der Waals surface area contributed by atoms with E-state index in [9.17, 15) is 44.7 Å². The molecule has 0 radical (unpaired) electrons. The number of rotatable bonds is 24. The van der Waals surface area contributed by atoms with Gasteiger partial charge in [-0.05, 0) is 32.2 Å². The van der Waals surface area contributed by atoms with Gasteiger partial charge >= 0.3 is 0 Å². The number of aliphatic hydroxyl groups excluding tert-OH is 9. The van der Waals surface area contributed by atoms with Crippen molar-refractivity contribution < 1.29 is 79.3 Å². The number of unbranched alkanes of at least 4 members (excludes halogenated alkanes) is 4. The summed E-state index contributed by atoms with van der Waals surface area (Å²) in [5, 5.41) is 90.0. The Balaban J connectivity index is 0.00000215. The molecule has 0 aliphatic carbocycles. The second-order valence-electron chi connectivity index (χ2n) is 13.2. The first-order valence-corrected chi connectivity index (χ1v) is 19.2. The first kappa shape index (κ1) is 53.4. The summed E-state index contributed by atoms with van der Waals surface area (Å²) in [5.74, 6) is -1.38. The smallest absolute Gasteiger partial charge is 0.243 e. The van der Waals surface area contributed by atoms with Crippen LogP contribution in [0.15, 0.2) is 0 Å². The summed E-state index contributed by atoms with van der Waals surface area (Å²) in [7, 11) is 1.00. The number of nitrogens with zero attached hydrogens (tertiary/aromatic N) is 1. The van der Waals surface area contributed by atoms with E-state index >= 15 is 0 Å². The standard InChI is InChI=1S/C28H53N5O11.C6H12O4.CH4O/c1-2-21(36)32-19(17-22(37)30-11-8-4-6-10-29)27(42)31-12-7-3-5-9-23(38)33(13-15-34)14-16-43-28-26(41)25(40)24(39)20(18-35)44-28;7-2-4-1-5(8)6(9)3-10-4;1-2/h19-20,24-26,28,34-35,39-41H,2-18,29H2,1H3,(H,30,37)(H,31,42)(H,32,36);4-9H,1-3H2;2H,1H3/t19?,20?,24-,25?,26?,28+;;/m1../s1. The van der Waals surface area contributed by atoms with Crippen molar-refractivity contribution >= 4 is 23.6 Å². The minimum absolute atomic E-state index is 0.0546. The van der Waals surface area contributed by atoms with Gasteiger partial charge in [-0.3, -0.25) is 19.2 Å². The highest BCUT2D eigenvalue weighted by Gasteiger charge is 2.44. The Morgan fingerprint density at radius 2 is 1.48 bits per heavy atom. The quantitative estimate of drug-likeness (QED) is 0.0405. The van der Waals surface area contributed by atoms with Gasteiger partial charge in [0.25, 0.3) is 0 Å². The molecule has 2 fully saturated rings. The molecular formula is C35H69N5O16. The maximum Gasteiger partial charge on any atom is 0.243 e. The molecule has 0 aromatic rings. The van der Waals surface area contributed by atoms with Crippen LogP contribution in [0.25, 0.3) is 0 Å². The van der Waals surface area contributed by atoms with Gasteiger partial charge in [-0.15, -0.1) is 0 Å². The van der Waals surface area contributed by atoms with Gasteiger partial charge in [-0.1, -0.05) is 19.8 Å². The van der Waals surface area contributed by atoms with Gasteiger partial charge in [0.1, 0.15) is 36.6 Å². The normalized spacial score (nSPS) is 25.0. The van der Waals surface area contributed by atoms with Gasteiger partial charge in [0.05, 0.1) is 51.7 Å². The number of carbonyl (C=O) groups excluding carboxylic acids is 4. The van der Waals surface area contributed by atoms with Crippen molar-refractivity contribution in [1.82, 2.24) is 20.9 Å². The first-order chi connectivity index (χ1) is 26.8. The largest absolute Gasteiger partial charge is 0.400 e. The predicted molar refractivity (Wildman–Crippen MR) is 199 cm³/mol. The zero-order chi connectivity index (χ0) is 42.5. The second-order valence-corrected chi connectivity index (χ2v) is 13.2. The van der Waals surface area contributed by atoms with Crippen LogP contribution in [0.1, 0.15) is 71.1 Å². The van der Waals surface area contributed by atoms with Crippen LogP contribution in [-0.4, -0.2) is 202 Å². The highest BCUT2D eigenvalue weighted by Crippen LogP contribution is 2.22. The van der Waals surface area contributed by atoms with Gasteiger partial charge in [0.2, 0.25) is 23.6 Å². The summed E-state index contributed by atoms with van der Waals surface area (Å²) in [5.41, 5.74) is 5.46. The number of hydrogen-bond acceptors (Lipinski definition) is 17. The van der Waals surface area contributed by atoms with Crippen LogP contribution in [0.3, 0.4) is 0 Å². The summed E-state index contributed by atoms with van der Waals surface area (Å²) in [6.45, 7) is 2.18. The fourth-order valence-corrected chi connectivity index (χ4v) is 5.44. The van der Waals surface area contributed by atoms with Gasteiger partial charge in [0, 0.05) is 52.6 Å². The van der Waals surface area contributed by atoms with E-state index in [1.54, 1.807) is 6.92 Å². The molecule has 2 aliphatic heterocycles. The maximum atomic E-state index is 12.7. The van der Waals surface area contributed by atoms with Crippen molar-refractivity contribution in [3.8, 4) is 0 Å². The highest BCUT2D eigenvalue weighted by molar-refractivity contribution is 5.91. The van der Waals surface area contributed by atoms with Crippen LogP contribution in [0, 0.1) is 0 Å². The molecule has 0 spiro atoms. The Hall–Kier alpha value is -2.64. The summed E-state index contributed by atoms with van der Waals surface area (Å²) in [4.78, 5) is 50.9. The Morgan fingerprint density at radius 3 is 2.07 bits per heavy atom. The van der Waals surface area contributed by atoms with Gasteiger partial charge in [0.15, 0.2) is 6.29 Å². The van der Waals surface area contributed by atoms with E-state index in [4.69, 9.17) is 40.4 Å². The lowest BCUT2D eigenvalue weighted by Gasteiger charge is -2.39. The van der Waals surface area contributed by atoms with Gasteiger partial charge in [-0.2, -0.15) is 0 Å². The lowest BCUT2D eigenvalue weighted by molar-refractivity contribution is -0.301. The minimum atomic E-state index is -1.58. The summed E-state index contributed by atoms with van der Waals surface area (Å²) in [6, 6.07) is -0.995. The van der Waals surface area contributed by atoms with Crippen molar-refractivity contribution in [2.45, 2.75) is 126 Å². The molecule has 21 nitrogen and oxygen atoms in total. The summed E-state index contributed by atoms with van der Waals surface area (Å²) in [6.07, 6.45) is -4.22. The van der Waals surface area contributed by atoms with E-state index in [-0.39, 0.29) is 82.6 Å². The third-order valence-corrected chi connectivity index (χ3v) is 8.80. The molecule has 2 rings (SSSR count). The van der Waals surface area contributed by atoms with Crippen molar-refractivity contribution in [2.24, 2.45) is 5.73 Å². The molecule has 0 bridgehead atoms. The molecule has 14 N–H and O–H groups in total. The average molecular weight is 816 g/mol. The van der Waals surface area contributed by atoms with E-state index in [2.05, 4.69) is 16.0 Å². The zero-order valence-corrected chi connectivity index (χ0v) is 32.7. The molecule has 9 atom stereocenters. The number of ether oxygens (including phenoxy) is 3. The molecule has 0 saturated carbocycles. The van der Waals surface area contributed by atoms with Crippen LogP contribution >= 0.6 is 0 Å². The third kappa shape index (κ3) is 21.8. The molecule has 2 heterocycles. The third-order valence-electron chi connectivity index (χ3n) is 8.80. The van der Waals surface area contributed by atoms with Crippen LogP contribution < -0.4 is 21.7 Å². The van der Waals surface area contributed by atoms with E-state index in [0.717, 1.165) is 26.4 Å². The average Bonchev–Trinajstić information content (AvgIpc) is 3.20. The van der Waals surface area contributed by atoms with Crippen LogP contribution in [-0.2, 0) is 33.4 Å². The number of hydrogen-bond donors (Lipinski definition) is 13. The molecule has 7 unspecified atom stereocenters. The Labute approximate surface area is 328 Å². The number of nitrogens with one attached hydrogen (secondary N) is 3. The predicted octanol–water partition coefficient (Wildman–Crippen LogP) is -5.07. The van der Waals surface area contributed by atoms with Crippen LogP contribution in [0.5, 0.6) is 0 Å². The Kier molecular flexibility index (Phi) is 30.8. The summed E-state index contributed by atoms with van der Waals surface area (Å²) < 4.78 is 15.7. The number of amides is 4. The lowest BCUT2D eigenvalue weighted by Crippen LogP contribution is -2.59. The number of aliphatic hydroxyl groups is 9. The van der Waals surface area contributed by atoms with Gasteiger partial charge < -0.3 is 86.8 Å². The molecule has 21 heteroatoms. The van der Waals surface area contributed by atoms with Crippen LogP contribution in [0.4, 0.5) is 0 Å². The number of carbonyl (C=O) groups is 4. The van der Waals surface area contributed by atoms with Crippen molar-refractivity contribution in [2.75, 3.05) is 72.9 Å². The fourth-order valence-electron chi connectivity index (χ4n) is 5.44. The molecule has 2 saturated heterocycles. The van der Waals surface area contributed by atoms with Crippen molar-refractivity contribution in [1.29, 1.82) is 0 Å². The molecule has 0 aromatic carbocycles. The molecule has 2 aliphatic rings. The monoisotopic (exact) mass is 815 g/mol. The Bertz CT molecular complexity index is 1060. The Morgan fingerprint density at radius 1 is 0.821 bits per heavy atom. The topological polar surface area (TPSA) is 343 Å².